The minimum atomic E-state index is -1.86. The van der Waals surface area contributed by atoms with Crippen LogP contribution in [0.5, 0.6) is 0 Å². The predicted molar refractivity (Wildman–Crippen MR) is 124 cm³/mol. The third-order valence-electron chi connectivity index (χ3n) is 6.41. The fourth-order valence-electron chi connectivity index (χ4n) is 5.42. The van der Waals surface area contributed by atoms with Crippen LogP contribution in [-0.4, -0.2) is 8.07 Å². The topological polar surface area (TPSA) is 0 Å². The van der Waals surface area contributed by atoms with E-state index in [4.69, 9.17) is 0 Å². The molecule has 4 aromatic rings. The SMILES string of the molecule is CCc1cccc2[cH-]c(C)c([Si](C)(C)c3c(C)[cH-]c4cccc(CC)c34)c12.[Cl-].[Cl-].[Zr+4]. The van der Waals surface area contributed by atoms with E-state index in [1.54, 1.807) is 10.4 Å². The van der Waals surface area contributed by atoms with Crippen LogP contribution in [0.25, 0.3) is 21.5 Å². The van der Waals surface area contributed by atoms with Crippen molar-refractivity contribution in [2.24, 2.45) is 0 Å². The summed E-state index contributed by atoms with van der Waals surface area (Å²) in [5, 5.41) is 9.22. The van der Waals surface area contributed by atoms with E-state index in [1.165, 1.54) is 43.8 Å². The first-order valence-electron chi connectivity index (χ1n) is 10.3. The number of halogens is 2. The Hall–Kier alpha value is -0.660. The average Bonchev–Trinajstić information content (AvgIpc) is 3.17. The van der Waals surface area contributed by atoms with Gasteiger partial charge in [-0.05, 0) is 12.8 Å². The van der Waals surface area contributed by atoms with Crippen molar-refractivity contribution in [3.63, 3.8) is 0 Å². The fourth-order valence-corrected chi connectivity index (χ4v) is 9.65. The summed E-state index contributed by atoms with van der Waals surface area (Å²) in [7, 11) is -1.86. The molecule has 0 fully saturated rings. The standard InChI is InChI=1S/C26H30Si.2ClH.Zr/c1-7-19-11-9-13-21-15-17(3)25(23(19)21)27(5,6)26-18(4)16-22-14-10-12-20(8-2)24(22)26;;;/h9-16H,7-8H2,1-6H3;2*1H;/q-2;;;+4/p-2. The van der Waals surface area contributed by atoms with Crippen molar-refractivity contribution in [2.45, 2.75) is 53.6 Å². The minimum Gasteiger partial charge on any atom is -1.00 e. The monoisotopic (exact) mass is 530 g/mol. The molecule has 0 heterocycles. The van der Waals surface area contributed by atoms with Crippen molar-refractivity contribution in [1.82, 2.24) is 0 Å². The molecular weight excluding hydrogens is 503 g/mol. The zero-order chi connectivity index (χ0) is 19.3. The van der Waals surface area contributed by atoms with E-state index in [0.29, 0.717) is 0 Å². The predicted octanol–water partition coefficient (Wildman–Crippen LogP) is 0.000540. The van der Waals surface area contributed by atoms with Crippen LogP contribution in [-0.2, 0) is 39.0 Å². The molecule has 4 rings (SSSR count). The summed E-state index contributed by atoms with van der Waals surface area (Å²) in [4.78, 5) is 0. The third kappa shape index (κ3) is 4.18. The molecule has 0 nitrogen and oxygen atoms in total. The van der Waals surface area contributed by atoms with Gasteiger partial charge in [0.2, 0.25) is 0 Å². The van der Waals surface area contributed by atoms with Gasteiger partial charge in [-0.1, -0.05) is 64.0 Å². The summed E-state index contributed by atoms with van der Waals surface area (Å²) in [6.45, 7) is 14.3. The summed E-state index contributed by atoms with van der Waals surface area (Å²) >= 11 is 0. The Morgan fingerprint density at radius 2 is 1.07 bits per heavy atom. The number of hydrogen-bond acceptors (Lipinski definition) is 0. The Labute approximate surface area is 214 Å². The van der Waals surface area contributed by atoms with Crippen molar-refractivity contribution >= 4 is 40.0 Å². The van der Waals surface area contributed by atoms with E-state index in [0.717, 1.165) is 12.8 Å². The van der Waals surface area contributed by atoms with Crippen molar-refractivity contribution in [2.75, 3.05) is 0 Å². The second-order valence-corrected chi connectivity index (χ2v) is 12.7. The van der Waals surface area contributed by atoms with E-state index in [2.05, 4.69) is 89.3 Å². The Bertz CT molecular complexity index is 1060. The molecule has 0 atom stereocenters. The van der Waals surface area contributed by atoms with Gasteiger partial charge in [-0.15, -0.1) is 69.1 Å². The molecule has 4 heteroatoms. The molecule has 0 aliphatic carbocycles. The maximum Gasteiger partial charge on any atom is 4.00 e. The van der Waals surface area contributed by atoms with E-state index >= 15 is 0 Å². The van der Waals surface area contributed by atoms with Gasteiger partial charge in [-0.25, -0.2) is 0 Å². The van der Waals surface area contributed by atoms with Crippen molar-refractivity contribution in [1.29, 1.82) is 0 Å². The molecule has 0 spiro atoms. The summed E-state index contributed by atoms with van der Waals surface area (Å²) < 4.78 is 0. The van der Waals surface area contributed by atoms with Gasteiger partial charge >= 0.3 is 26.2 Å². The molecular formula is C26H30Cl2SiZr. The Morgan fingerprint density at radius 1 is 0.700 bits per heavy atom. The van der Waals surface area contributed by atoms with Gasteiger partial charge in [0.25, 0.3) is 0 Å². The van der Waals surface area contributed by atoms with E-state index < -0.39 is 8.07 Å². The molecule has 30 heavy (non-hydrogen) atoms. The van der Waals surface area contributed by atoms with Gasteiger partial charge in [-0.2, -0.15) is 10.4 Å². The van der Waals surface area contributed by atoms with Crippen LogP contribution in [0.4, 0.5) is 0 Å². The van der Waals surface area contributed by atoms with Gasteiger partial charge < -0.3 is 24.8 Å². The van der Waals surface area contributed by atoms with E-state index in [-0.39, 0.29) is 51.0 Å². The largest absolute Gasteiger partial charge is 4.00 e. The molecule has 0 saturated heterocycles. The molecule has 0 aliphatic rings. The molecule has 0 unspecified atom stereocenters. The summed E-state index contributed by atoms with van der Waals surface area (Å²) in [6, 6.07) is 18.5. The Balaban J connectivity index is 0.00000150. The number of fused-ring (bicyclic) bond motifs is 2. The zero-order valence-corrected chi connectivity index (χ0v) is 23.8. The quantitative estimate of drug-likeness (QED) is 0.257. The Morgan fingerprint density at radius 3 is 1.40 bits per heavy atom. The molecule has 0 aliphatic heterocycles. The van der Waals surface area contributed by atoms with Crippen molar-refractivity contribution in [3.8, 4) is 0 Å². The number of benzene rings is 2. The molecule has 0 amide bonds. The van der Waals surface area contributed by atoms with Crippen molar-refractivity contribution in [3.05, 3.63) is 70.8 Å². The maximum atomic E-state index is 2.56. The van der Waals surface area contributed by atoms with Crippen LogP contribution in [0.2, 0.25) is 13.1 Å². The molecule has 0 saturated carbocycles. The fraction of sp³-hybridized carbons (Fsp3) is 0.308. The molecule has 0 N–H and O–H groups in total. The first kappa shape index (κ1) is 27.4. The maximum absolute atomic E-state index is 2.56. The van der Waals surface area contributed by atoms with Crippen molar-refractivity contribution < 1.29 is 51.0 Å². The van der Waals surface area contributed by atoms with E-state index in [1.807, 2.05) is 0 Å². The van der Waals surface area contributed by atoms with Gasteiger partial charge in [0.15, 0.2) is 0 Å². The van der Waals surface area contributed by atoms with Gasteiger partial charge in [0.1, 0.15) is 0 Å². The average molecular weight is 533 g/mol. The van der Waals surface area contributed by atoms with Gasteiger partial charge in [0.05, 0.1) is 0 Å². The van der Waals surface area contributed by atoms with Crippen LogP contribution in [0.3, 0.4) is 0 Å². The zero-order valence-electron chi connectivity index (χ0n) is 18.8. The van der Waals surface area contributed by atoms with Crippen LogP contribution in [0.1, 0.15) is 36.1 Å². The first-order valence-corrected chi connectivity index (χ1v) is 13.3. The summed E-state index contributed by atoms with van der Waals surface area (Å²) in [5.41, 5.74) is 5.96. The molecule has 0 aromatic heterocycles. The molecule has 156 valence electrons. The summed E-state index contributed by atoms with van der Waals surface area (Å²) in [5.74, 6) is 0. The molecule has 4 aromatic carbocycles. The second-order valence-electron chi connectivity index (χ2n) is 8.50. The molecule has 0 bridgehead atoms. The van der Waals surface area contributed by atoms with Crippen LogP contribution in [0, 0.1) is 13.8 Å². The smallest absolute Gasteiger partial charge is 1.00 e. The molecule has 0 radical (unpaired) electrons. The number of hydrogen-bond donors (Lipinski definition) is 0. The third-order valence-corrected chi connectivity index (χ3v) is 10.2. The van der Waals surface area contributed by atoms with Gasteiger partial charge in [0, 0.05) is 8.07 Å². The minimum absolute atomic E-state index is 0. The number of aryl methyl sites for hydroxylation is 4. The summed E-state index contributed by atoms with van der Waals surface area (Å²) in [6.07, 6.45) is 2.19. The van der Waals surface area contributed by atoms with Crippen LogP contribution >= 0.6 is 0 Å². The van der Waals surface area contributed by atoms with Crippen LogP contribution < -0.4 is 35.2 Å². The van der Waals surface area contributed by atoms with E-state index in [9.17, 15) is 0 Å². The number of rotatable bonds is 4. The van der Waals surface area contributed by atoms with Crippen LogP contribution in [0.15, 0.2) is 48.5 Å². The Kier molecular flexibility index (Phi) is 9.40. The first-order chi connectivity index (χ1) is 12.9. The normalized spacial score (nSPS) is 11.1. The second kappa shape index (κ2) is 10.3. The van der Waals surface area contributed by atoms with Gasteiger partial charge in [-0.3, -0.25) is 0 Å².